The maximum atomic E-state index is 12.5. The molecule has 1 aliphatic rings. The van der Waals surface area contributed by atoms with Crippen LogP contribution < -0.4 is 5.73 Å². The van der Waals surface area contributed by atoms with E-state index in [0.29, 0.717) is 32.8 Å². The van der Waals surface area contributed by atoms with E-state index in [-0.39, 0.29) is 4.90 Å². The fourth-order valence-electron chi connectivity index (χ4n) is 2.06. The van der Waals surface area contributed by atoms with E-state index in [2.05, 4.69) is 5.10 Å². The number of sulfonamides is 1. The molecule has 0 bridgehead atoms. The summed E-state index contributed by atoms with van der Waals surface area (Å²) in [6.45, 7) is 5.81. The van der Waals surface area contributed by atoms with Gasteiger partial charge in [-0.05, 0) is 13.8 Å². The lowest BCUT2D eigenvalue weighted by Crippen LogP contribution is -2.50. The second-order valence-corrected chi connectivity index (χ2v) is 7.11. The van der Waals surface area contributed by atoms with E-state index >= 15 is 0 Å². The first-order chi connectivity index (χ1) is 8.85. The lowest BCUT2D eigenvalue weighted by atomic mass is 10.1. The number of ether oxygens (including phenoxy) is 1. The lowest BCUT2D eigenvalue weighted by molar-refractivity contribution is -0.0640. The van der Waals surface area contributed by atoms with Gasteiger partial charge in [0.05, 0.1) is 24.9 Å². The monoisotopic (exact) mass is 288 g/mol. The van der Waals surface area contributed by atoms with Crippen LogP contribution in [-0.4, -0.2) is 54.3 Å². The number of aromatic nitrogens is 2. The lowest BCUT2D eigenvalue weighted by Gasteiger charge is -2.37. The first-order valence-corrected chi connectivity index (χ1v) is 7.66. The predicted octanol–water partition coefficient (Wildman–Crippen LogP) is -0.359. The molecule has 1 aliphatic heterocycles. The Balaban J connectivity index is 2.21. The fraction of sp³-hybridized carbons (Fsp3) is 0.727. The van der Waals surface area contributed by atoms with Gasteiger partial charge in [-0.1, -0.05) is 0 Å². The van der Waals surface area contributed by atoms with Gasteiger partial charge in [0.2, 0.25) is 10.0 Å². The first kappa shape index (κ1) is 14.4. The molecule has 19 heavy (non-hydrogen) atoms. The molecular weight excluding hydrogens is 268 g/mol. The largest absolute Gasteiger partial charge is 0.373 e. The highest BCUT2D eigenvalue weighted by Crippen LogP contribution is 2.23. The van der Waals surface area contributed by atoms with Crippen molar-refractivity contribution in [3.8, 4) is 0 Å². The van der Waals surface area contributed by atoms with E-state index in [1.165, 1.54) is 16.7 Å². The van der Waals surface area contributed by atoms with Crippen LogP contribution in [0.25, 0.3) is 0 Å². The van der Waals surface area contributed by atoms with Crippen LogP contribution in [0.2, 0.25) is 0 Å². The number of nitrogens with two attached hydrogens (primary N) is 1. The zero-order chi connectivity index (χ0) is 14.1. The van der Waals surface area contributed by atoms with Gasteiger partial charge >= 0.3 is 0 Å². The number of hydrogen-bond donors (Lipinski definition) is 1. The van der Waals surface area contributed by atoms with Gasteiger partial charge in [0.25, 0.3) is 0 Å². The summed E-state index contributed by atoms with van der Waals surface area (Å²) >= 11 is 0. The molecule has 0 radical (unpaired) electrons. The van der Waals surface area contributed by atoms with Crippen LogP contribution in [0.1, 0.15) is 13.8 Å². The molecule has 1 fully saturated rings. The van der Waals surface area contributed by atoms with Crippen molar-refractivity contribution < 1.29 is 13.2 Å². The second kappa shape index (κ2) is 5.20. The van der Waals surface area contributed by atoms with Gasteiger partial charge in [-0.25, -0.2) is 8.42 Å². The van der Waals surface area contributed by atoms with Crippen molar-refractivity contribution in [2.24, 2.45) is 5.73 Å². The number of nitrogens with zero attached hydrogens (tertiary/aromatic N) is 3. The quantitative estimate of drug-likeness (QED) is 0.817. The molecule has 108 valence electrons. The van der Waals surface area contributed by atoms with Crippen LogP contribution in [0, 0.1) is 0 Å². The molecule has 8 heteroatoms. The third-order valence-corrected chi connectivity index (χ3v) is 4.79. The van der Waals surface area contributed by atoms with Gasteiger partial charge in [-0.15, -0.1) is 0 Å². The van der Waals surface area contributed by atoms with Crippen molar-refractivity contribution in [2.45, 2.75) is 30.9 Å². The third-order valence-electron chi connectivity index (χ3n) is 3.00. The normalized spacial score (nSPS) is 20.6. The number of rotatable bonds is 4. The summed E-state index contributed by atoms with van der Waals surface area (Å²) in [4.78, 5) is 0.207. The summed E-state index contributed by atoms with van der Waals surface area (Å²) in [5, 5.41) is 4.00. The Morgan fingerprint density at radius 3 is 2.89 bits per heavy atom. The minimum absolute atomic E-state index is 0.207. The van der Waals surface area contributed by atoms with Crippen LogP contribution >= 0.6 is 0 Å². The summed E-state index contributed by atoms with van der Waals surface area (Å²) in [6, 6.07) is 0. The molecule has 7 nitrogen and oxygen atoms in total. The maximum Gasteiger partial charge on any atom is 0.246 e. The van der Waals surface area contributed by atoms with E-state index in [1.807, 2.05) is 13.8 Å². The van der Waals surface area contributed by atoms with Crippen LogP contribution in [0.15, 0.2) is 17.3 Å². The summed E-state index contributed by atoms with van der Waals surface area (Å²) in [5.74, 6) is 0. The van der Waals surface area contributed by atoms with Gasteiger partial charge in [0.1, 0.15) is 4.90 Å². The van der Waals surface area contributed by atoms with Crippen molar-refractivity contribution in [3.05, 3.63) is 12.4 Å². The van der Waals surface area contributed by atoms with E-state index < -0.39 is 15.6 Å². The van der Waals surface area contributed by atoms with E-state index in [1.54, 1.807) is 4.68 Å². The molecule has 0 atom stereocenters. The van der Waals surface area contributed by atoms with E-state index in [9.17, 15) is 8.42 Å². The summed E-state index contributed by atoms with van der Waals surface area (Å²) in [6.07, 6.45) is 2.89. The molecule has 2 heterocycles. The Bertz CT molecular complexity index is 538. The zero-order valence-corrected chi connectivity index (χ0v) is 12.1. The van der Waals surface area contributed by atoms with Gasteiger partial charge < -0.3 is 10.5 Å². The Kier molecular flexibility index (Phi) is 3.95. The summed E-state index contributed by atoms with van der Waals surface area (Å²) < 4.78 is 33.5. The summed E-state index contributed by atoms with van der Waals surface area (Å²) in [7, 11) is -3.50. The first-order valence-electron chi connectivity index (χ1n) is 6.22. The van der Waals surface area contributed by atoms with E-state index in [4.69, 9.17) is 10.5 Å². The third kappa shape index (κ3) is 3.14. The molecule has 0 aromatic carbocycles. The highest BCUT2D eigenvalue weighted by atomic mass is 32.2. The molecule has 0 aliphatic carbocycles. The molecule has 0 saturated carbocycles. The Morgan fingerprint density at radius 1 is 1.53 bits per heavy atom. The van der Waals surface area contributed by atoms with Crippen LogP contribution in [0.4, 0.5) is 0 Å². The molecule has 1 aromatic heterocycles. The average Bonchev–Trinajstić information content (AvgIpc) is 2.77. The molecule has 0 unspecified atom stereocenters. The van der Waals surface area contributed by atoms with Crippen molar-refractivity contribution in [1.29, 1.82) is 0 Å². The van der Waals surface area contributed by atoms with Crippen molar-refractivity contribution in [3.63, 3.8) is 0 Å². The van der Waals surface area contributed by atoms with E-state index in [0.717, 1.165) is 0 Å². The van der Waals surface area contributed by atoms with Crippen LogP contribution in [-0.2, 0) is 21.3 Å². The van der Waals surface area contributed by atoms with Gasteiger partial charge in [-0.2, -0.15) is 9.40 Å². The average molecular weight is 288 g/mol. The predicted molar refractivity (Wildman–Crippen MR) is 70.1 cm³/mol. The number of hydrogen-bond acceptors (Lipinski definition) is 5. The van der Waals surface area contributed by atoms with Crippen molar-refractivity contribution >= 4 is 10.0 Å². The topological polar surface area (TPSA) is 90.5 Å². The Hall–Kier alpha value is -0.960. The maximum absolute atomic E-state index is 12.5. The minimum atomic E-state index is -3.50. The van der Waals surface area contributed by atoms with Crippen molar-refractivity contribution in [2.75, 3.05) is 26.2 Å². The molecule has 0 spiro atoms. The van der Waals surface area contributed by atoms with Crippen LogP contribution in [0.3, 0.4) is 0 Å². The number of morpholine rings is 1. The molecule has 0 amide bonds. The molecule has 2 rings (SSSR count). The highest BCUT2D eigenvalue weighted by Gasteiger charge is 2.35. The fourth-order valence-corrected chi connectivity index (χ4v) is 3.59. The molecular formula is C11H20N4O3S. The van der Waals surface area contributed by atoms with Gasteiger partial charge in [0, 0.05) is 25.8 Å². The Morgan fingerprint density at radius 2 is 2.26 bits per heavy atom. The molecule has 1 aromatic rings. The summed E-state index contributed by atoms with van der Waals surface area (Å²) in [5.41, 5.74) is 4.96. The highest BCUT2D eigenvalue weighted by molar-refractivity contribution is 7.89. The van der Waals surface area contributed by atoms with Gasteiger partial charge in [0.15, 0.2) is 0 Å². The van der Waals surface area contributed by atoms with Crippen LogP contribution in [0.5, 0.6) is 0 Å². The Labute approximate surface area is 113 Å². The second-order valence-electron chi connectivity index (χ2n) is 5.17. The van der Waals surface area contributed by atoms with Gasteiger partial charge in [-0.3, -0.25) is 4.68 Å². The molecule has 2 N–H and O–H groups in total. The SMILES string of the molecule is CC1(C)CN(S(=O)(=O)c2cnn(CCN)c2)CCO1. The molecule has 1 saturated heterocycles. The minimum Gasteiger partial charge on any atom is -0.373 e. The zero-order valence-electron chi connectivity index (χ0n) is 11.2. The smallest absolute Gasteiger partial charge is 0.246 e. The standard InChI is InChI=1S/C11H20N4O3S/c1-11(2)9-15(5-6-18-11)19(16,17)10-7-13-14(8-10)4-3-12/h7-8H,3-6,9,12H2,1-2H3. The van der Waals surface area contributed by atoms with Crippen molar-refractivity contribution in [1.82, 2.24) is 14.1 Å².